The second-order valence-electron chi connectivity index (χ2n) is 0.919. The largest absolute Gasteiger partial charge is 0.326 e. The molecule has 0 aliphatic heterocycles. The first-order chi connectivity index (χ1) is 3.12. The van der Waals surface area contributed by atoms with E-state index in [9.17, 15) is 0 Å². The van der Waals surface area contributed by atoms with Crippen LogP contribution < -0.4 is 5.73 Å². The Bertz CT molecular complexity index is 50.9. The summed E-state index contributed by atoms with van der Waals surface area (Å²) in [4.78, 5) is 0. The molecule has 44 valence electrons. The third-order valence-electron chi connectivity index (χ3n) is 0.351. The number of alkyl halides is 2. The van der Waals surface area contributed by atoms with E-state index in [0.29, 0.717) is 6.54 Å². The maximum absolute atomic E-state index is 5.17. The van der Waals surface area contributed by atoms with Gasteiger partial charge in [0.1, 0.15) is 16.3 Å². The molecule has 0 atom stereocenters. The molecule has 0 spiro atoms. The molecular weight excluding hydrogens is 294 g/mol. The van der Waals surface area contributed by atoms with Crippen LogP contribution in [-0.4, -0.2) is 9.96 Å². The first-order valence-corrected chi connectivity index (χ1v) is 3.73. The van der Waals surface area contributed by atoms with Gasteiger partial charge in [0, 0.05) is 6.54 Å². The standard InChI is InChI=1S/C2H4Br3NO/c3-2(4,1-6)7-5/h1,6H2. The van der Waals surface area contributed by atoms with E-state index in [1.54, 1.807) is 0 Å². The van der Waals surface area contributed by atoms with Crippen LogP contribution in [0.1, 0.15) is 0 Å². The maximum Gasteiger partial charge on any atom is 0.203 e. The highest BCUT2D eigenvalue weighted by Crippen LogP contribution is 2.27. The van der Waals surface area contributed by atoms with Gasteiger partial charge in [0.05, 0.1) is 0 Å². The van der Waals surface area contributed by atoms with E-state index < -0.39 is 3.42 Å². The van der Waals surface area contributed by atoms with Gasteiger partial charge >= 0.3 is 0 Å². The van der Waals surface area contributed by atoms with Crippen molar-refractivity contribution in [2.45, 2.75) is 3.42 Å². The molecule has 0 saturated heterocycles. The predicted molar refractivity (Wildman–Crippen MR) is 39.7 cm³/mol. The molecule has 0 aromatic carbocycles. The van der Waals surface area contributed by atoms with E-state index in [2.05, 4.69) is 51.9 Å². The smallest absolute Gasteiger partial charge is 0.203 e. The van der Waals surface area contributed by atoms with Crippen molar-refractivity contribution in [3.63, 3.8) is 0 Å². The Hall–Kier alpha value is 1.36. The molecule has 0 bridgehead atoms. The number of nitrogens with two attached hydrogens (primary N) is 1. The van der Waals surface area contributed by atoms with Crippen molar-refractivity contribution in [2.24, 2.45) is 5.73 Å². The average molecular weight is 298 g/mol. The maximum atomic E-state index is 5.17. The summed E-state index contributed by atoms with van der Waals surface area (Å²) in [5.41, 5.74) is 5.17. The van der Waals surface area contributed by atoms with Gasteiger partial charge in [-0.15, -0.1) is 0 Å². The Morgan fingerprint density at radius 1 is 1.57 bits per heavy atom. The van der Waals surface area contributed by atoms with E-state index in [1.807, 2.05) is 0 Å². The van der Waals surface area contributed by atoms with Crippen LogP contribution in [0.2, 0.25) is 0 Å². The van der Waals surface area contributed by atoms with Crippen molar-refractivity contribution < 1.29 is 3.83 Å². The van der Waals surface area contributed by atoms with Crippen LogP contribution in [0.4, 0.5) is 0 Å². The second kappa shape index (κ2) is 3.40. The summed E-state index contributed by atoms with van der Waals surface area (Å²) >= 11 is 8.96. The summed E-state index contributed by atoms with van der Waals surface area (Å²) in [6.07, 6.45) is 0. The van der Waals surface area contributed by atoms with Crippen LogP contribution in [-0.2, 0) is 3.83 Å². The minimum Gasteiger partial charge on any atom is -0.326 e. The fraction of sp³-hybridized carbons (Fsp3) is 1.00. The van der Waals surface area contributed by atoms with E-state index in [4.69, 9.17) is 5.73 Å². The number of rotatable bonds is 2. The van der Waals surface area contributed by atoms with E-state index in [0.717, 1.165) is 0 Å². The highest BCUT2D eigenvalue weighted by atomic mass is 79.9. The Kier molecular flexibility index (Phi) is 4.06. The third kappa shape index (κ3) is 3.90. The number of hydrogen-bond donors (Lipinski definition) is 1. The van der Waals surface area contributed by atoms with Crippen LogP contribution in [0.5, 0.6) is 0 Å². The zero-order valence-electron chi connectivity index (χ0n) is 3.33. The van der Waals surface area contributed by atoms with Crippen LogP contribution in [0.25, 0.3) is 0 Å². The lowest BCUT2D eigenvalue weighted by Crippen LogP contribution is -2.23. The molecule has 0 rings (SSSR count). The predicted octanol–water partition coefficient (Wildman–Crippen LogP) is 1.72. The zero-order valence-corrected chi connectivity index (χ0v) is 8.08. The molecule has 0 saturated carbocycles. The first kappa shape index (κ1) is 8.36. The molecule has 0 aliphatic rings. The van der Waals surface area contributed by atoms with Gasteiger partial charge in [-0.1, -0.05) is 0 Å². The minimum absolute atomic E-state index is 0.359. The molecule has 5 heteroatoms. The molecule has 0 radical (unpaired) electrons. The van der Waals surface area contributed by atoms with E-state index in [1.165, 1.54) is 0 Å². The molecule has 0 aromatic heterocycles. The van der Waals surface area contributed by atoms with Gasteiger partial charge in [0.25, 0.3) is 0 Å². The quantitative estimate of drug-likeness (QED) is 0.788. The summed E-state index contributed by atoms with van der Waals surface area (Å²) in [5.74, 6) is 0. The van der Waals surface area contributed by atoms with Gasteiger partial charge in [0.15, 0.2) is 0 Å². The third-order valence-corrected chi connectivity index (χ3v) is 2.74. The molecule has 0 aromatic rings. The SMILES string of the molecule is NCC(Br)(Br)OBr. The van der Waals surface area contributed by atoms with Gasteiger partial charge in [-0.25, -0.2) is 0 Å². The fourth-order valence-electron chi connectivity index (χ4n) is 0.0315. The Morgan fingerprint density at radius 3 is 2.00 bits per heavy atom. The summed E-state index contributed by atoms with van der Waals surface area (Å²) in [6, 6.07) is 0. The van der Waals surface area contributed by atoms with Crippen molar-refractivity contribution in [3.8, 4) is 0 Å². The summed E-state index contributed by atoms with van der Waals surface area (Å²) in [5, 5.41) is 0. The summed E-state index contributed by atoms with van der Waals surface area (Å²) < 4.78 is 4.01. The number of halogens is 3. The van der Waals surface area contributed by atoms with Crippen molar-refractivity contribution in [3.05, 3.63) is 0 Å². The van der Waals surface area contributed by atoms with Crippen LogP contribution >= 0.6 is 48.1 Å². The highest BCUT2D eigenvalue weighted by Gasteiger charge is 2.19. The molecule has 0 heterocycles. The van der Waals surface area contributed by atoms with E-state index >= 15 is 0 Å². The lowest BCUT2D eigenvalue weighted by atomic mass is 10.7. The van der Waals surface area contributed by atoms with Gasteiger partial charge in [0.2, 0.25) is 3.42 Å². The van der Waals surface area contributed by atoms with Crippen LogP contribution in [0.3, 0.4) is 0 Å². The second-order valence-corrected chi connectivity index (χ2v) is 4.87. The van der Waals surface area contributed by atoms with Crippen molar-refractivity contribution in [1.82, 2.24) is 0 Å². The monoisotopic (exact) mass is 295 g/mol. The van der Waals surface area contributed by atoms with Crippen molar-refractivity contribution >= 4 is 48.1 Å². The summed E-state index contributed by atoms with van der Waals surface area (Å²) in [7, 11) is 0. The highest BCUT2D eigenvalue weighted by molar-refractivity contribution is 9.25. The van der Waals surface area contributed by atoms with Crippen LogP contribution in [0.15, 0.2) is 0 Å². The fourth-order valence-corrected chi connectivity index (χ4v) is 0.164. The Morgan fingerprint density at radius 2 is 2.00 bits per heavy atom. The molecule has 0 amide bonds. The normalized spacial score (nSPS) is 12.0. The van der Waals surface area contributed by atoms with Gasteiger partial charge in [-0.05, 0) is 31.9 Å². The van der Waals surface area contributed by atoms with Crippen molar-refractivity contribution in [2.75, 3.05) is 6.54 Å². The molecule has 2 nitrogen and oxygen atoms in total. The Labute approximate surface area is 67.5 Å². The molecule has 2 N–H and O–H groups in total. The Balaban J connectivity index is 3.36. The lowest BCUT2D eigenvalue weighted by Gasteiger charge is -2.11. The topological polar surface area (TPSA) is 35.2 Å². The van der Waals surface area contributed by atoms with Gasteiger partial charge < -0.3 is 5.73 Å². The molecular formula is C2H4Br3NO. The van der Waals surface area contributed by atoms with E-state index in [-0.39, 0.29) is 0 Å². The van der Waals surface area contributed by atoms with Crippen molar-refractivity contribution in [1.29, 1.82) is 0 Å². The molecule has 0 unspecified atom stereocenters. The van der Waals surface area contributed by atoms with Gasteiger partial charge in [-0.3, -0.25) is 3.83 Å². The van der Waals surface area contributed by atoms with Crippen LogP contribution in [0, 0.1) is 0 Å². The van der Waals surface area contributed by atoms with Gasteiger partial charge in [-0.2, -0.15) is 0 Å². The molecule has 0 fully saturated rings. The first-order valence-electron chi connectivity index (χ1n) is 1.50. The molecule has 7 heavy (non-hydrogen) atoms. The average Bonchev–Trinajstić information content (AvgIpc) is 1.68. The zero-order chi connectivity index (χ0) is 5.91. The number of hydrogen-bond acceptors (Lipinski definition) is 2. The summed E-state index contributed by atoms with van der Waals surface area (Å²) in [6.45, 7) is 0.359. The minimum atomic E-state index is -0.597. The lowest BCUT2D eigenvalue weighted by molar-refractivity contribution is 0.350. The molecule has 0 aliphatic carbocycles.